The van der Waals surface area contributed by atoms with Crippen LogP contribution in [0.5, 0.6) is 0 Å². The molecule has 0 spiro atoms. The molecule has 45 valence electrons. The predicted octanol–water partition coefficient (Wildman–Crippen LogP) is -0.105. The summed E-state index contributed by atoms with van der Waals surface area (Å²) in [5.74, 6) is 1.58. The van der Waals surface area contributed by atoms with Gasteiger partial charge < -0.3 is 5.11 Å². The van der Waals surface area contributed by atoms with Gasteiger partial charge in [0.25, 0.3) is 0 Å². The first kappa shape index (κ1) is 5.91. The highest BCUT2D eigenvalue weighted by Crippen LogP contribution is 2.13. The molecule has 1 rings (SSSR count). The van der Waals surface area contributed by atoms with Crippen molar-refractivity contribution in [3.05, 3.63) is 5.88 Å². The first-order valence-corrected chi connectivity index (χ1v) is 3.28. The fourth-order valence-corrected chi connectivity index (χ4v) is 1.25. The standard InChI is InChI=1S/C4H6NO2S/c6-4(7)3-1-8-2-5-3/h2-3,5H,1H2,(H,6,7)/t3-/m1/s1. The Kier molecular flexibility index (Phi) is 1.75. The Morgan fingerprint density at radius 3 is 3.00 bits per heavy atom. The van der Waals surface area contributed by atoms with Crippen molar-refractivity contribution in [2.75, 3.05) is 5.75 Å². The van der Waals surface area contributed by atoms with E-state index in [1.165, 1.54) is 11.8 Å². The average molecular weight is 132 g/mol. The van der Waals surface area contributed by atoms with Crippen LogP contribution in [0, 0.1) is 5.88 Å². The van der Waals surface area contributed by atoms with Gasteiger partial charge in [0.05, 0.1) is 5.88 Å². The first-order valence-electron chi connectivity index (χ1n) is 2.23. The summed E-state index contributed by atoms with van der Waals surface area (Å²) in [7, 11) is 0. The lowest BCUT2D eigenvalue weighted by molar-refractivity contribution is -0.138. The molecule has 1 aliphatic heterocycles. The number of carbonyl (C=O) groups is 1. The van der Waals surface area contributed by atoms with Gasteiger partial charge in [-0.25, -0.2) is 0 Å². The number of nitrogens with one attached hydrogen (secondary N) is 1. The number of hydrogen-bond acceptors (Lipinski definition) is 3. The van der Waals surface area contributed by atoms with E-state index in [4.69, 9.17) is 5.11 Å². The SMILES string of the molecule is O=C(O)[C@H]1CS[CH]N1. The van der Waals surface area contributed by atoms with Crippen LogP contribution < -0.4 is 5.32 Å². The molecule has 0 aromatic carbocycles. The van der Waals surface area contributed by atoms with Gasteiger partial charge >= 0.3 is 5.97 Å². The molecular weight excluding hydrogens is 126 g/mol. The Morgan fingerprint density at radius 1 is 2.00 bits per heavy atom. The summed E-state index contributed by atoms with van der Waals surface area (Å²) in [6.07, 6.45) is 0. The van der Waals surface area contributed by atoms with E-state index in [2.05, 4.69) is 5.32 Å². The Balaban J connectivity index is 2.35. The molecule has 0 aromatic heterocycles. The van der Waals surface area contributed by atoms with E-state index < -0.39 is 5.97 Å². The number of carboxylic acids is 1. The Morgan fingerprint density at radius 2 is 2.75 bits per heavy atom. The number of hydrogen-bond donors (Lipinski definition) is 2. The van der Waals surface area contributed by atoms with Gasteiger partial charge in [0.1, 0.15) is 6.04 Å². The minimum absolute atomic E-state index is 0.361. The lowest BCUT2D eigenvalue weighted by Gasteiger charge is -1.98. The summed E-state index contributed by atoms with van der Waals surface area (Å²) >= 11 is 1.49. The van der Waals surface area contributed by atoms with Crippen molar-refractivity contribution in [3.8, 4) is 0 Å². The zero-order chi connectivity index (χ0) is 5.98. The summed E-state index contributed by atoms with van der Waals surface area (Å²) in [5, 5.41) is 11.0. The topological polar surface area (TPSA) is 49.3 Å². The number of aliphatic carboxylic acids is 1. The van der Waals surface area contributed by atoms with Crippen LogP contribution in [0.1, 0.15) is 0 Å². The van der Waals surface area contributed by atoms with Gasteiger partial charge in [0.2, 0.25) is 0 Å². The first-order chi connectivity index (χ1) is 3.80. The van der Waals surface area contributed by atoms with Crippen LogP contribution in [0.2, 0.25) is 0 Å². The molecule has 1 radical (unpaired) electrons. The molecular formula is C4H6NO2S. The summed E-state index contributed by atoms with van der Waals surface area (Å²) in [6, 6.07) is -0.361. The van der Waals surface area contributed by atoms with E-state index in [1.54, 1.807) is 5.88 Å². The van der Waals surface area contributed by atoms with Crippen molar-refractivity contribution < 1.29 is 9.90 Å². The van der Waals surface area contributed by atoms with Gasteiger partial charge in [-0.15, -0.1) is 11.8 Å². The quantitative estimate of drug-likeness (QED) is 0.523. The van der Waals surface area contributed by atoms with Gasteiger partial charge in [-0.2, -0.15) is 0 Å². The van der Waals surface area contributed by atoms with Crippen LogP contribution in [0.3, 0.4) is 0 Å². The van der Waals surface area contributed by atoms with Crippen molar-refractivity contribution in [1.29, 1.82) is 0 Å². The molecule has 1 heterocycles. The van der Waals surface area contributed by atoms with Gasteiger partial charge in [-0.1, -0.05) is 0 Å². The summed E-state index contributed by atoms with van der Waals surface area (Å²) in [5.41, 5.74) is 0. The van der Waals surface area contributed by atoms with E-state index in [9.17, 15) is 4.79 Å². The average Bonchev–Trinajstić information content (AvgIpc) is 2.12. The molecule has 3 nitrogen and oxygen atoms in total. The third kappa shape index (κ3) is 1.14. The summed E-state index contributed by atoms with van der Waals surface area (Å²) in [6.45, 7) is 0. The third-order valence-corrected chi connectivity index (χ3v) is 1.74. The molecule has 1 aliphatic rings. The monoisotopic (exact) mass is 132 g/mol. The Labute approximate surface area is 51.5 Å². The molecule has 1 saturated heterocycles. The summed E-state index contributed by atoms with van der Waals surface area (Å²) < 4.78 is 0. The Hall–Kier alpha value is -0.220. The van der Waals surface area contributed by atoms with Crippen molar-refractivity contribution >= 4 is 17.7 Å². The van der Waals surface area contributed by atoms with Crippen molar-refractivity contribution in [3.63, 3.8) is 0 Å². The van der Waals surface area contributed by atoms with E-state index in [1.807, 2.05) is 0 Å². The second kappa shape index (κ2) is 2.37. The second-order valence-electron chi connectivity index (χ2n) is 1.51. The van der Waals surface area contributed by atoms with Crippen molar-refractivity contribution in [2.24, 2.45) is 0 Å². The van der Waals surface area contributed by atoms with E-state index in [-0.39, 0.29) is 6.04 Å². The largest absolute Gasteiger partial charge is 0.480 e. The van der Waals surface area contributed by atoms with Gasteiger partial charge in [0, 0.05) is 5.75 Å². The second-order valence-corrected chi connectivity index (χ2v) is 2.41. The summed E-state index contributed by atoms with van der Waals surface area (Å²) in [4.78, 5) is 10.1. The van der Waals surface area contributed by atoms with Crippen molar-refractivity contribution in [1.82, 2.24) is 5.32 Å². The fraction of sp³-hybridized carbons (Fsp3) is 0.500. The molecule has 0 amide bonds. The minimum Gasteiger partial charge on any atom is -0.480 e. The smallest absolute Gasteiger partial charge is 0.321 e. The van der Waals surface area contributed by atoms with E-state index in [0.717, 1.165) is 0 Å². The third-order valence-electron chi connectivity index (χ3n) is 0.914. The lowest BCUT2D eigenvalue weighted by atomic mass is 10.4. The van der Waals surface area contributed by atoms with Gasteiger partial charge in [-0.3, -0.25) is 10.1 Å². The highest BCUT2D eigenvalue weighted by atomic mass is 32.2. The zero-order valence-corrected chi connectivity index (χ0v) is 4.94. The van der Waals surface area contributed by atoms with Crippen LogP contribution >= 0.6 is 11.8 Å². The maximum atomic E-state index is 10.1. The van der Waals surface area contributed by atoms with Crippen LogP contribution in [0.25, 0.3) is 0 Å². The molecule has 8 heavy (non-hydrogen) atoms. The maximum absolute atomic E-state index is 10.1. The lowest BCUT2D eigenvalue weighted by Crippen LogP contribution is -2.31. The number of carboxylic acid groups (broad SMARTS) is 1. The molecule has 0 aliphatic carbocycles. The molecule has 1 fully saturated rings. The van der Waals surface area contributed by atoms with Crippen LogP contribution in [-0.4, -0.2) is 22.9 Å². The number of thioether (sulfide) groups is 1. The highest BCUT2D eigenvalue weighted by molar-refractivity contribution is 8.01. The molecule has 0 saturated carbocycles. The Bertz CT molecular complexity index is 100. The fourth-order valence-electron chi connectivity index (χ4n) is 0.465. The molecule has 2 N–H and O–H groups in total. The number of rotatable bonds is 1. The zero-order valence-electron chi connectivity index (χ0n) is 4.13. The van der Waals surface area contributed by atoms with Crippen molar-refractivity contribution in [2.45, 2.75) is 6.04 Å². The van der Waals surface area contributed by atoms with Crippen LogP contribution in [0.15, 0.2) is 0 Å². The van der Waals surface area contributed by atoms with E-state index >= 15 is 0 Å². The van der Waals surface area contributed by atoms with E-state index in [0.29, 0.717) is 5.75 Å². The molecule has 1 atom stereocenters. The van der Waals surface area contributed by atoms with Crippen LogP contribution in [-0.2, 0) is 4.79 Å². The van der Waals surface area contributed by atoms with Gasteiger partial charge in [-0.05, 0) is 0 Å². The van der Waals surface area contributed by atoms with Crippen LogP contribution in [0.4, 0.5) is 0 Å². The normalized spacial score (nSPS) is 28.2. The minimum atomic E-state index is -0.772. The molecule has 4 heteroatoms. The molecule has 0 aromatic rings. The molecule has 0 unspecified atom stereocenters. The predicted molar refractivity (Wildman–Crippen MR) is 31.3 cm³/mol. The highest BCUT2D eigenvalue weighted by Gasteiger charge is 2.21. The van der Waals surface area contributed by atoms with Gasteiger partial charge in [0.15, 0.2) is 0 Å². The maximum Gasteiger partial charge on any atom is 0.321 e. The molecule has 0 bridgehead atoms.